The van der Waals surface area contributed by atoms with E-state index in [1.54, 1.807) is 0 Å². The van der Waals surface area contributed by atoms with Crippen LogP contribution >= 0.6 is 0 Å². The van der Waals surface area contributed by atoms with E-state index in [1.165, 1.54) is 17.7 Å². The molecule has 4 rings (SSSR count). The summed E-state index contributed by atoms with van der Waals surface area (Å²) in [5, 5.41) is 12.5. The van der Waals surface area contributed by atoms with Gasteiger partial charge in [-0.1, -0.05) is 0 Å². The second-order valence-corrected chi connectivity index (χ2v) is 8.80. The van der Waals surface area contributed by atoms with Crippen LogP contribution in [0, 0.1) is 23.2 Å². The van der Waals surface area contributed by atoms with Crippen molar-refractivity contribution in [1.82, 2.24) is 10.2 Å². The van der Waals surface area contributed by atoms with Gasteiger partial charge in [-0.25, -0.2) is 4.39 Å². The first kappa shape index (κ1) is 17.2. The molecule has 3 saturated carbocycles. The van der Waals surface area contributed by atoms with Crippen molar-refractivity contribution in [2.75, 3.05) is 13.1 Å². The summed E-state index contributed by atoms with van der Waals surface area (Å²) in [5.41, 5.74) is -0.0352. The predicted octanol–water partition coefficient (Wildman–Crippen LogP) is 2.16. The Hall–Kier alpha value is -1.19. The Morgan fingerprint density at radius 1 is 1.28 bits per heavy atom. The molecule has 4 aliphatic rings. The van der Waals surface area contributed by atoms with Crippen LogP contribution in [0.25, 0.3) is 0 Å². The molecular weight excluding hydrogens is 321 g/mol. The van der Waals surface area contributed by atoms with Gasteiger partial charge in [-0.15, -0.1) is 0 Å². The minimum absolute atomic E-state index is 0.0352. The highest BCUT2D eigenvalue weighted by atomic mass is 19.1. The van der Waals surface area contributed by atoms with Crippen LogP contribution in [0.4, 0.5) is 4.39 Å². The van der Waals surface area contributed by atoms with Gasteiger partial charge in [-0.2, -0.15) is 5.26 Å². The van der Waals surface area contributed by atoms with Crippen LogP contribution in [-0.2, 0) is 9.53 Å². The average molecular weight is 349 g/mol. The molecular formula is C19H28FN3O2. The molecule has 0 aromatic heterocycles. The van der Waals surface area contributed by atoms with Gasteiger partial charge in [0.1, 0.15) is 12.2 Å². The fraction of sp³-hybridized carbons (Fsp3) is 0.895. The molecule has 6 heteroatoms. The summed E-state index contributed by atoms with van der Waals surface area (Å²) in [6.45, 7) is 2.45. The molecule has 0 radical (unpaired) electrons. The van der Waals surface area contributed by atoms with Crippen LogP contribution in [0.2, 0.25) is 0 Å². The standard InChI is InChI=1S/C19H28FN3O2/c1-19(22-10-18(24)23-11-14(20)6-15(23)9-21)7-12-4-17(5-13(12)8-19)25-16-2-3-16/h12-17,22H,2-8,10-11H2,1H3/t12-,13+,14-,15-,17-,19+/m0/s1. The van der Waals surface area contributed by atoms with Crippen molar-refractivity contribution in [2.45, 2.75) is 81.8 Å². The fourth-order valence-electron chi connectivity index (χ4n) is 5.20. The average Bonchev–Trinajstić information content (AvgIpc) is 3.06. The zero-order valence-electron chi connectivity index (χ0n) is 14.9. The SMILES string of the molecule is C[C@]1(NCC(=O)N2C[C@@H](F)C[C@H]2C#N)C[C@H]2C[C@@H](OC3CC3)C[C@H]2C1. The molecule has 3 aliphatic carbocycles. The molecule has 0 unspecified atom stereocenters. The number of hydrogen-bond acceptors (Lipinski definition) is 4. The van der Waals surface area contributed by atoms with Crippen molar-refractivity contribution < 1.29 is 13.9 Å². The molecule has 4 fully saturated rings. The van der Waals surface area contributed by atoms with Gasteiger partial charge in [0.15, 0.2) is 0 Å². The Labute approximate surface area is 148 Å². The molecule has 138 valence electrons. The maximum atomic E-state index is 13.5. The number of alkyl halides is 1. The van der Waals surface area contributed by atoms with E-state index in [1.807, 2.05) is 6.07 Å². The van der Waals surface area contributed by atoms with E-state index in [0.29, 0.717) is 24.0 Å². The first-order valence-corrected chi connectivity index (χ1v) is 9.69. The van der Waals surface area contributed by atoms with Crippen LogP contribution in [0.3, 0.4) is 0 Å². The second-order valence-electron chi connectivity index (χ2n) is 8.80. The maximum absolute atomic E-state index is 13.5. The highest BCUT2D eigenvalue weighted by Gasteiger charge is 2.48. The molecule has 6 atom stereocenters. The van der Waals surface area contributed by atoms with E-state index in [9.17, 15) is 9.18 Å². The Bertz CT molecular complexity index is 560. The normalized spacial score (nSPS) is 43.2. The smallest absolute Gasteiger partial charge is 0.237 e. The zero-order chi connectivity index (χ0) is 17.6. The highest BCUT2D eigenvalue weighted by molar-refractivity contribution is 5.79. The van der Waals surface area contributed by atoms with Crippen LogP contribution in [-0.4, -0.2) is 53.9 Å². The van der Waals surface area contributed by atoms with Crippen molar-refractivity contribution >= 4 is 5.91 Å². The lowest BCUT2D eigenvalue weighted by atomic mass is 9.95. The van der Waals surface area contributed by atoms with Crippen molar-refractivity contribution in [3.8, 4) is 6.07 Å². The van der Waals surface area contributed by atoms with E-state index in [4.69, 9.17) is 10.00 Å². The van der Waals surface area contributed by atoms with E-state index < -0.39 is 12.2 Å². The molecule has 1 N–H and O–H groups in total. The first-order chi connectivity index (χ1) is 12.0. The molecule has 1 saturated heterocycles. The summed E-state index contributed by atoms with van der Waals surface area (Å²) in [6, 6.07) is 1.43. The van der Waals surface area contributed by atoms with E-state index in [0.717, 1.165) is 25.7 Å². The monoisotopic (exact) mass is 349 g/mol. The number of halogens is 1. The largest absolute Gasteiger partial charge is 0.375 e. The Balaban J connectivity index is 1.26. The van der Waals surface area contributed by atoms with Gasteiger partial charge in [0.25, 0.3) is 0 Å². The zero-order valence-corrected chi connectivity index (χ0v) is 14.9. The third-order valence-electron chi connectivity index (χ3n) is 6.52. The van der Waals surface area contributed by atoms with Gasteiger partial charge in [-0.05, 0) is 57.3 Å². The van der Waals surface area contributed by atoms with Crippen molar-refractivity contribution in [1.29, 1.82) is 5.26 Å². The number of nitrogens with one attached hydrogen (secondary N) is 1. The number of carbonyl (C=O) groups excluding carboxylic acids is 1. The number of hydrogen-bond donors (Lipinski definition) is 1. The van der Waals surface area contributed by atoms with E-state index in [-0.39, 0.29) is 31.0 Å². The molecule has 0 aromatic rings. The lowest BCUT2D eigenvalue weighted by Gasteiger charge is -2.29. The van der Waals surface area contributed by atoms with E-state index >= 15 is 0 Å². The lowest BCUT2D eigenvalue weighted by Crippen LogP contribution is -2.48. The summed E-state index contributed by atoms with van der Waals surface area (Å²) in [4.78, 5) is 13.8. The van der Waals surface area contributed by atoms with Gasteiger partial charge in [0, 0.05) is 12.0 Å². The number of carbonyl (C=O) groups is 1. The van der Waals surface area contributed by atoms with Gasteiger partial charge >= 0.3 is 0 Å². The number of fused-ring (bicyclic) bond motifs is 1. The molecule has 5 nitrogen and oxygen atoms in total. The fourth-order valence-corrected chi connectivity index (χ4v) is 5.20. The molecule has 0 spiro atoms. The molecule has 25 heavy (non-hydrogen) atoms. The molecule has 0 bridgehead atoms. The number of amides is 1. The minimum Gasteiger partial charge on any atom is -0.375 e. The first-order valence-electron chi connectivity index (χ1n) is 9.69. The molecule has 1 heterocycles. The van der Waals surface area contributed by atoms with Gasteiger partial charge < -0.3 is 15.0 Å². The number of likely N-dealkylation sites (tertiary alicyclic amines) is 1. The topological polar surface area (TPSA) is 65.4 Å². The third kappa shape index (κ3) is 3.68. The van der Waals surface area contributed by atoms with Crippen LogP contribution < -0.4 is 5.32 Å². The molecule has 0 aromatic carbocycles. The molecule has 1 aliphatic heterocycles. The van der Waals surface area contributed by atoms with Crippen molar-refractivity contribution in [2.24, 2.45) is 11.8 Å². The van der Waals surface area contributed by atoms with Crippen LogP contribution in [0.5, 0.6) is 0 Å². The summed E-state index contributed by atoms with van der Waals surface area (Å²) in [5.74, 6) is 1.22. The Morgan fingerprint density at radius 3 is 2.56 bits per heavy atom. The predicted molar refractivity (Wildman–Crippen MR) is 90.4 cm³/mol. The summed E-state index contributed by atoms with van der Waals surface area (Å²) in [7, 11) is 0. The Morgan fingerprint density at radius 2 is 1.96 bits per heavy atom. The Kier molecular flexibility index (Phi) is 4.49. The number of nitriles is 1. The lowest BCUT2D eigenvalue weighted by molar-refractivity contribution is -0.130. The van der Waals surface area contributed by atoms with Gasteiger partial charge in [0.2, 0.25) is 5.91 Å². The quantitative estimate of drug-likeness (QED) is 0.826. The summed E-state index contributed by atoms with van der Waals surface area (Å²) >= 11 is 0. The van der Waals surface area contributed by atoms with Gasteiger partial charge in [0.05, 0.1) is 31.4 Å². The van der Waals surface area contributed by atoms with Crippen LogP contribution in [0.1, 0.15) is 51.9 Å². The summed E-state index contributed by atoms with van der Waals surface area (Å²) < 4.78 is 19.6. The maximum Gasteiger partial charge on any atom is 0.237 e. The third-order valence-corrected chi connectivity index (χ3v) is 6.52. The van der Waals surface area contributed by atoms with E-state index in [2.05, 4.69) is 12.2 Å². The summed E-state index contributed by atoms with van der Waals surface area (Å²) in [6.07, 6.45) is 6.95. The number of nitrogens with zero attached hydrogens (tertiary/aromatic N) is 2. The number of ether oxygens (including phenoxy) is 1. The van der Waals surface area contributed by atoms with Crippen LogP contribution in [0.15, 0.2) is 0 Å². The van der Waals surface area contributed by atoms with Gasteiger partial charge in [-0.3, -0.25) is 4.79 Å². The second kappa shape index (κ2) is 6.51. The minimum atomic E-state index is -1.07. The number of rotatable bonds is 5. The van der Waals surface area contributed by atoms with Crippen molar-refractivity contribution in [3.63, 3.8) is 0 Å². The van der Waals surface area contributed by atoms with Crippen molar-refractivity contribution in [3.05, 3.63) is 0 Å². The molecule has 1 amide bonds. The highest BCUT2D eigenvalue weighted by Crippen LogP contribution is 2.50.